The second-order valence-electron chi connectivity index (χ2n) is 5.24. The quantitative estimate of drug-likeness (QED) is 0.565. The van der Waals surface area contributed by atoms with Crippen molar-refractivity contribution in [3.8, 4) is 39.6 Å². The molecule has 0 unspecified atom stereocenters. The third kappa shape index (κ3) is 2.84. The van der Waals surface area contributed by atoms with Gasteiger partial charge in [0.2, 0.25) is 0 Å². The maximum absolute atomic E-state index is 9.89. The van der Waals surface area contributed by atoms with Crippen molar-refractivity contribution in [1.82, 2.24) is 4.98 Å². The van der Waals surface area contributed by atoms with Gasteiger partial charge in [-0.15, -0.1) is 0 Å². The molecule has 0 spiro atoms. The molecule has 0 amide bonds. The van der Waals surface area contributed by atoms with Gasteiger partial charge < -0.3 is 20.3 Å². The zero-order valence-corrected chi connectivity index (χ0v) is 13.5. The molecule has 0 fully saturated rings. The third-order valence-electron chi connectivity index (χ3n) is 3.81. The molecule has 0 bridgehead atoms. The van der Waals surface area contributed by atoms with Crippen LogP contribution in [0.4, 0.5) is 5.69 Å². The first-order valence-electron chi connectivity index (χ1n) is 7.40. The van der Waals surface area contributed by atoms with Gasteiger partial charge in [0.05, 0.1) is 25.6 Å². The van der Waals surface area contributed by atoms with Crippen LogP contribution in [0.2, 0.25) is 0 Å². The molecule has 3 rings (SSSR count). The molecule has 0 radical (unpaired) electrons. The lowest BCUT2D eigenvalue weighted by Crippen LogP contribution is -1.93. The molecule has 5 nitrogen and oxygen atoms in total. The van der Waals surface area contributed by atoms with Crippen LogP contribution in [0.5, 0.6) is 17.2 Å². The van der Waals surface area contributed by atoms with Gasteiger partial charge in [0.1, 0.15) is 5.75 Å². The molecule has 5 heteroatoms. The molecule has 24 heavy (non-hydrogen) atoms. The van der Waals surface area contributed by atoms with Crippen LogP contribution in [-0.2, 0) is 0 Å². The number of nitrogens with two attached hydrogens (primary N) is 1. The normalized spacial score (nSPS) is 10.4. The van der Waals surface area contributed by atoms with Crippen LogP contribution in [0.1, 0.15) is 0 Å². The van der Waals surface area contributed by atoms with Gasteiger partial charge >= 0.3 is 0 Å². The summed E-state index contributed by atoms with van der Waals surface area (Å²) in [4.78, 5) is 4.50. The highest BCUT2D eigenvalue weighted by Crippen LogP contribution is 2.37. The van der Waals surface area contributed by atoms with Gasteiger partial charge in [0.15, 0.2) is 11.5 Å². The maximum Gasteiger partial charge on any atom is 0.161 e. The van der Waals surface area contributed by atoms with Crippen molar-refractivity contribution in [2.75, 3.05) is 20.0 Å². The Morgan fingerprint density at radius 1 is 0.917 bits per heavy atom. The molecule has 0 aliphatic carbocycles. The predicted molar refractivity (Wildman–Crippen MR) is 94.3 cm³/mol. The number of phenols is 1. The Hall–Kier alpha value is -3.21. The van der Waals surface area contributed by atoms with Gasteiger partial charge in [-0.3, -0.25) is 4.98 Å². The van der Waals surface area contributed by atoms with Crippen molar-refractivity contribution in [3.05, 3.63) is 54.7 Å². The highest BCUT2D eigenvalue weighted by Gasteiger charge is 2.12. The summed E-state index contributed by atoms with van der Waals surface area (Å²) >= 11 is 0. The third-order valence-corrected chi connectivity index (χ3v) is 3.81. The lowest BCUT2D eigenvalue weighted by Gasteiger charge is -2.13. The highest BCUT2D eigenvalue weighted by molar-refractivity contribution is 5.83. The second kappa shape index (κ2) is 6.50. The van der Waals surface area contributed by atoms with Gasteiger partial charge in [0, 0.05) is 17.3 Å². The van der Waals surface area contributed by atoms with E-state index in [9.17, 15) is 5.11 Å². The fraction of sp³-hybridized carbons (Fsp3) is 0.105. The minimum absolute atomic E-state index is 0.0506. The maximum atomic E-state index is 9.89. The summed E-state index contributed by atoms with van der Waals surface area (Å²) in [6.07, 6.45) is 1.73. The number of aromatic hydroxyl groups is 1. The minimum Gasteiger partial charge on any atom is -0.506 e. The lowest BCUT2D eigenvalue weighted by molar-refractivity contribution is 0.355. The Balaban J connectivity index is 2.14. The van der Waals surface area contributed by atoms with Crippen LogP contribution in [0.15, 0.2) is 54.7 Å². The largest absolute Gasteiger partial charge is 0.506 e. The number of methoxy groups -OCH3 is 2. The van der Waals surface area contributed by atoms with Crippen molar-refractivity contribution < 1.29 is 14.6 Å². The summed E-state index contributed by atoms with van der Waals surface area (Å²) in [5.41, 5.74) is 9.42. The lowest BCUT2D eigenvalue weighted by atomic mass is 9.98. The molecule has 0 aliphatic rings. The van der Waals surface area contributed by atoms with Crippen LogP contribution in [-0.4, -0.2) is 24.3 Å². The van der Waals surface area contributed by atoms with Gasteiger partial charge in [0.25, 0.3) is 0 Å². The van der Waals surface area contributed by atoms with E-state index in [0.717, 1.165) is 22.4 Å². The van der Waals surface area contributed by atoms with E-state index < -0.39 is 0 Å². The fourth-order valence-corrected chi connectivity index (χ4v) is 2.56. The SMILES string of the molecule is COc1ccc(-c2ncccc2-c2ccc(N)c(O)c2)cc1OC. The average molecular weight is 322 g/mol. The van der Waals surface area contributed by atoms with Gasteiger partial charge in [-0.05, 0) is 42.0 Å². The number of nitrogens with zero attached hydrogens (tertiary/aromatic N) is 1. The van der Waals surface area contributed by atoms with E-state index in [0.29, 0.717) is 17.2 Å². The predicted octanol–water partition coefficient (Wildman–Crippen LogP) is 3.72. The summed E-state index contributed by atoms with van der Waals surface area (Å²) in [6, 6.07) is 14.6. The number of ether oxygens (including phenoxy) is 2. The molecule has 0 aliphatic heterocycles. The second-order valence-corrected chi connectivity index (χ2v) is 5.24. The van der Waals surface area contributed by atoms with Crippen molar-refractivity contribution >= 4 is 5.69 Å². The Kier molecular flexibility index (Phi) is 4.24. The zero-order chi connectivity index (χ0) is 17.1. The summed E-state index contributed by atoms with van der Waals surface area (Å²) in [5.74, 6) is 1.34. The molecule has 2 aromatic carbocycles. The van der Waals surface area contributed by atoms with Gasteiger partial charge in [-0.25, -0.2) is 0 Å². The first-order valence-corrected chi connectivity index (χ1v) is 7.40. The summed E-state index contributed by atoms with van der Waals surface area (Å²) in [7, 11) is 3.19. The van der Waals surface area contributed by atoms with Crippen molar-refractivity contribution in [3.63, 3.8) is 0 Å². The zero-order valence-electron chi connectivity index (χ0n) is 13.5. The molecule has 0 saturated carbocycles. The number of rotatable bonds is 4. The highest BCUT2D eigenvalue weighted by atomic mass is 16.5. The van der Waals surface area contributed by atoms with Crippen molar-refractivity contribution in [2.45, 2.75) is 0 Å². The smallest absolute Gasteiger partial charge is 0.161 e. The van der Waals surface area contributed by atoms with Gasteiger partial charge in [-0.1, -0.05) is 12.1 Å². The van der Waals surface area contributed by atoms with Crippen LogP contribution in [0.3, 0.4) is 0 Å². The Bertz CT molecular complexity index is 878. The molecule has 0 saturated heterocycles. The summed E-state index contributed by atoms with van der Waals surface area (Å²) < 4.78 is 10.6. The number of hydrogen-bond donors (Lipinski definition) is 2. The molecule has 0 atom stereocenters. The number of nitrogen functional groups attached to an aromatic ring is 1. The van der Waals surface area contributed by atoms with Crippen molar-refractivity contribution in [1.29, 1.82) is 0 Å². The first kappa shape index (κ1) is 15.7. The topological polar surface area (TPSA) is 77.6 Å². The molecule has 3 N–H and O–H groups in total. The van der Waals surface area contributed by atoms with E-state index in [2.05, 4.69) is 4.98 Å². The number of anilines is 1. The molecule has 1 heterocycles. The van der Waals surface area contributed by atoms with Crippen molar-refractivity contribution in [2.24, 2.45) is 0 Å². The number of hydrogen-bond acceptors (Lipinski definition) is 5. The number of aromatic nitrogens is 1. The Labute approximate surface area is 140 Å². The van der Waals surface area contributed by atoms with E-state index in [1.165, 1.54) is 0 Å². The van der Waals surface area contributed by atoms with Crippen LogP contribution in [0.25, 0.3) is 22.4 Å². The van der Waals surface area contributed by atoms with E-state index in [1.807, 2.05) is 36.4 Å². The summed E-state index contributed by atoms with van der Waals surface area (Å²) in [5, 5.41) is 9.89. The van der Waals surface area contributed by atoms with E-state index in [-0.39, 0.29) is 5.75 Å². The first-order chi connectivity index (χ1) is 11.6. The summed E-state index contributed by atoms with van der Waals surface area (Å²) in [6.45, 7) is 0. The molecule has 122 valence electrons. The number of benzene rings is 2. The number of pyridine rings is 1. The molecule has 3 aromatic rings. The van der Waals surface area contributed by atoms with Gasteiger partial charge in [-0.2, -0.15) is 0 Å². The number of phenolic OH excluding ortho intramolecular Hbond substituents is 1. The van der Waals surface area contributed by atoms with Crippen LogP contribution < -0.4 is 15.2 Å². The van der Waals surface area contributed by atoms with Crippen LogP contribution >= 0.6 is 0 Å². The van der Waals surface area contributed by atoms with Crippen LogP contribution in [0, 0.1) is 0 Å². The standard InChI is InChI=1S/C19H18N2O3/c1-23-17-8-6-13(11-18(17)24-2)19-14(4-3-9-21-19)12-5-7-15(20)16(22)10-12/h3-11,22H,20H2,1-2H3. The molecule has 1 aromatic heterocycles. The monoisotopic (exact) mass is 322 g/mol. The van der Waals surface area contributed by atoms with E-state index >= 15 is 0 Å². The van der Waals surface area contributed by atoms with E-state index in [1.54, 1.807) is 32.5 Å². The Morgan fingerprint density at radius 2 is 1.67 bits per heavy atom. The average Bonchev–Trinajstić information content (AvgIpc) is 2.63. The fourth-order valence-electron chi connectivity index (χ4n) is 2.56. The molecular formula is C19H18N2O3. The Morgan fingerprint density at radius 3 is 2.38 bits per heavy atom. The molecular weight excluding hydrogens is 304 g/mol. The minimum atomic E-state index is 0.0506. The van der Waals surface area contributed by atoms with E-state index in [4.69, 9.17) is 15.2 Å².